The fourth-order valence-corrected chi connectivity index (χ4v) is 5.51. The SMILES string of the molecule is COc1ccc(S(=O)(=O)N(CC(=O)N(Cc2cccc(Cl)c2)C(C)C(=O)NCC(C)C)c2ccc(F)cc2)cc1. The monoisotopic (exact) mass is 589 g/mol. The summed E-state index contributed by atoms with van der Waals surface area (Å²) < 4.78 is 47.3. The minimum absolute atomic E-state index is 0.00942. The van der Waals surface area contributed by atoms with Crippen molar-refractivity contribution in [1.82, 2.24) is 10.2 Å². The molecule has 8 nitrogen and oxygen atoms in total. The second kappa shape index (κ2) is 13.6. The highest BCUT2D eigenvalue weighted by molar-refractivity contribution is 7.92. The minimum Gasteiger partial charge on any atom is -0.497 e. The van der Waals surface area contributed by atoms with E-state index in [-0.39, 0.29) is 29.0 Å². The van der Waals surface area contributed by atoms with E-state index in [1.807, 2.05) is 13.8 Å². The summed E-state index contributed by atoms with van der Waals surface area (Å²) in [6.07, 6.45) is 0. The Balaban J connectivity index is 2.01. The number of anilines is 1. The first-order valence-corrected chi connectivity index (χ1v) is 14.5. The summed E-state index contributed by atoms with van der Waals surface area (Å²) in [4.78, 5) is 28.1. The van der Waals surface area contributed by atoms with Crippen molar-refractivity contribution in [2.24, 2.45) is 5.92 Å². The van der Waals surface area contributed by atoms with Gasteiger partial charge in [-0.05, 0) is 79.1 Å². The van der Waals surface area contributed by atoms with Crippen LogP contribution in [0, 0.1) is 11.7 Å². The number of hydrogen-bond donors (Lipinski definition) is 1. The van der Waals surface area contributed by atoms with E-state index in [1.165, 1.54) is 48.4 Å². The number of carbonyl (C=O) groups excluding carboxylic acids is 2. The molecule has 3 aromatic rings. The van der Waals surface area contributed by atoms with Gasteiger partial charge in [-0.1, -0.05) is 37.6 Å². The van der Waals surface area contributed by atoms with E-state index in [4.69, 9.17) is 16.3 Å². The molecule has 0 radical (unpaired) electrons. The summed E-state index contributed by atoms with van der Waals surface area (Å²) in [7, 11) is -2.82. The van der Waals surface area contributed by atoms with Gasteiger partial charge in [0.25, 0.3) is 10.0 Å². The van der Waals surface area contributed by atoms with E-state index in [9.17, 15) is 22.4 Å². The van der Waals surface area contributed by atoms with Crippen molar-refractivity contribution in [3.63, 3.8) is 0 Å². The van der Waals surface area contributed by atoms with Gasteiger partial charge < -0.3 is 15.0 Å². The molecule has 0 aromatic heterocycles. The molecule has 0 aliphatic rings. The van der Waals surface area contributed by atoms with Crippen LogP contribution in [0.15, 0.2) is 77.7 Å². The summed E-state index contributed by atoms with van der Waals surface area (Å²) in [6, 6.07) is 16.4. The van der Waals surface area contributed by atoms with E-state index in [2.05, 4.69) is 5.32 Å². The van der Waals surface area contributed by atoms with Crippen molar-refractivity contribution < 1.29 is 27.1 Å². The zero-order valence-electron chi connectivity index (χ0n) is 22.8. The Bertz CT molecular complexity index is 1420. The fourth-order valence-electron chi connectivity index (χ4n) is 3.88. The Morgan fingerprint density at radius 1 is 1.00 bits per heavy atom. The lowest BCUT2D eigenvalue weighted by molar-refractivity contribution is -0.139. The van der Waals surface area contributed by atoms with Crippen LogP contribution < -0.4 is 14.4 Å². The van der Waals surface area contributed by atoms with Crippen LogP contribution in [0.4, 0.5) is 10.1 Å². The quantitative estimate of drug-likeness (QED) is 0.325. The van der Waals surface area contributed by atoms with Gasteiger partial charge in [0.2, 0.25) is 11.8 Å². The zero-order valence-corrected chi connectivity index (χ0v) is 24.4. The highest BCUT2D eigenvalue weighted by Crippen LogP contribution is 2.26. The number of hydrogen-bond acceptors (Lipinski definition) is 5. The summed E-state index contributed by atoms with van der Waals surface area (Å²) >= 11 is 6.15. The second-order valence-corrected chi connectivity index (χ2v) is 11.9. The highest BCUT2D eigenvalue weighted by Gasteiger charge is 2.32. The molecule has 1 atom stereocenters. The summed E-state index contributed by atoms with van der Waals surface area (Å²) in [5, 5.41) is 3.28. The van der Waals surface area contributed by atoms with Crippen molar-refractivity contribution >= 4 is 39.1 Å². The first-order valence-electron chi connectivity index (χ1n) is 12.7. The van der Waals surface area contributed by atoms with Gasteiger partial charge in [0.15, 0.2) is 0 Å². The van der Waals surface area contributed by atoms with Crippen LogP contribution in [0.2, 0.25) is 5.02 Å². The third-order valence-corrected chi connectivity index (χ3v) is 8.16. The molecule has 3 rings (SSSR count). The van der Waals surface area contributed by atoms with E-state index in [0.29, 0.717) is 22.9 Å². The molecule has 0 fully saturated rings. The molecule has 0 aliphatic heterocycles. The topological polar surface area (TPSA) is 96.0 Å². The molecule has 0 heterocycles. The van der Waals surface area contributed by atoms with Crippen LogP contribution in [-0.2, 0) is 26.2 Å². The molecule has 1 N–H and O–H groups in total. The number of methoxy groups -OCH3 is 1. The Labute approximate surface area is 239 Å². The molecule has 0 aliphatic carbocycles. The number of carbonyl (C=O) groups is 2. The molecule has 0 spiro atoms. The zero-order chi connectivity index (χ0) is 29.4. The van der Waals surface area contributed by atoms with Gasteiger partial charge in [-0.2, -0.15) is 0 Å². The van der Waals surface area contributed by atoms with Gasteiger partial charge >= 0.3 is 0 Å². The first kappa shape index (κ1) is 30.9. The standard InChI is InChI=1S/C29H33ClFN3O5S/c1-20(2)17-32-29(36)21(3)33(18-22-6-5-7-23(30)16-22)28(35)19-34(25-10-8-24(31)9-11-25)40(37,38)27-14-12-26(39-4)13-15-27/h5-16,20-21H,17-19H2,1-4H3,(H,32,36). The summed E-state index contributed by atoms with van der Waals surface area (Å²) in [5.74, 6) is -0.923. The van der Waals surface area contributed by atoms with Gasteiger partial charge in [-0.25, -0.2) is 12.8 Å². The van der Waals surface area contributed by atoms with Crippen molar-refractivity contribution in [3.8, 4) is 5.75 Å². The second-order valence-electron chi connectivity index (χ2n) is 9.63. The Morgan fingerprint density at radius 3 is 2.23 bits per heavy atom. The molecule has 1 unspecified atom stereocenters. The third kappa shape index (κ3) is 7.95. The predicted octanol–water partition coefficient (Wildman–Crippen LogP) is 4.87. The van der Waals surface area contributed by atoms with Gasteiger partial charge in [0.05, 0.1) is 17.7 Å². The highest BCUT2D eigenvalue weighted by atomic mass is 35.5. The Hall–Kier alpha value is -3.63. The van der Waals surface area contributed by atoms with Gasteiger partial charge in [-0.3, -0.25) is 13.9 Å². The largest absolute Gasteiger partial charge is 0.497 e. The van der Waals surface area contributed by atoms with Crippen LogP contribution >= 0.6 is 11.6 Å². The van der Waals surface area contributed by atoms with Crippen LogP contribution in [-0.4, -0.2) is 51.4 Å². The number of ether oxygens (including phenoxy) is 1. The summed E-state index contributed by atoms with van der Waals surface area (Å²) in [6.45, 7) is 5.26. The van der Waals surface area contributed by atoms with Gasteiger partial charge in [0, 0.05) is 18.1 Å². The first-order chi connectivity index (χ1) is 18.9. The van der Waals surface area contributed by atoms with Crippen molar-refractivity contribution in [1.29, 1.82) is 0 Å². The molecule has 0 saturated carbocycles. The Morgan fingerprint density at radius 2 is 1.65 bits per heavy atom. The lowest BCUT2D eigenvalue weighted by Crippen LogP contribution is -2.51. The van der Waals surface area contributed by atoms with Gasteiger partial charge in [-0.15, -0.1) is 0 Å². The average Bonchev–Trinajstić information content (AvgIpc) is 2.93. The third-order valence-electron chi connectivity index (χ3n) is 6.13. The minimum atomic E-state index is -4.28. The van der Waals surface area contributed by atoms with Crippen LogP contribution in [0.5, 0.6) is 5.75 Å². The maximum absolute atomic E-state index is 13.9. The lowest BCUT2D eigenvalue weighted by atomic mass is 10.1. The normalized spacial score (nSPS) is 12.1. The molecule has 214 valence electrons. The van der Waals surface area contributed by atoms with E-state index in [0.717, 1.165) is 16.4 Å². The molecular formula is C29H33ClFN3O5S. The number of rotatable bonds is 12. The maximum Gasteiger partial charge on any atom is 0.264 e. The van der Waals surface area contributed by atoms with Crippen molar-refractivity contribution in [3.05, 3.63) is 89.2 Å². The number of benzene rings is 3. The molecule has 2 amide bonds. The smallest absolute Gasteiger partial charge is 0.264 e. The molecular weight excluding hydrogens is 557 g/mol. The van der Waals surface area contributed by atoms with Crippen LogP contribution in [0.1, 0.15) is 26.3 Å². The molecule has 40 heavy (non-hydrogen) atoms. The molecule has 0 saturated heterocycles. The van der Waals surface area contributed by atoms with Crippen LogP contribution in [0.25, 0.3) is 0 Å². The average molecular weight is 590 g/mol. The maximum atomic E-state index is 13.9. The summed E-state index contributed by atoms with van der Waals surface area (Å²) in [5.41, 5.74) is 0.751. The molecule has 0 bridgehead atoms. The lowest BCUT2D eigenvalue weighted by Gasteiger charge is -2.32. The number of nitrogens with zero attached hydrogens (tertiary/aromatic N) is 2. The van der Waals surface area contributed by atoms with E-state index < -0.39 is 34.3 Å². The molecule has 3 aromatic carbocycles. The van der Waals surface area contributed by atoms with Crippen LogP contribution in [0.3, 0.4) is 0 Å². The number of amides is 2. The van der Waals surface area contributed by atoms with E-state index >= 15 is 0 Å². The van der Waals surface area contributed by atoms with Crippen molar-refractivity contribution in [2.75, 3.05) is 24.5 Å². The van der Waals surface area contributed by atoms with Crippen molar-refractivity contribution in [2.45, 2.75) is 38.3 Å². The number of nitrogens with one attached hydrogen (secondary N) is 1. The Kier molecular flexibility index (Phi) is 10.5. The number of halogens is 2. The van der Waals surface area contributed by atoms with Gasteiger partial charge in [0.1, 0.15) is 24.2 Å². The predicted molar refractivity (Wildman–Crippen MR) is 153 cm³/mol. The number of sulfonamides is 1. The molecule has 11 heteroatoms. The van der Waals surface area contributed by atoms with E-state index in [1.54, 1.807) is 31.2 Å². The fraction of sp³-hybridized carbons (Fsp3) is 0.310.